The summed E-state index contributed by atoms with van der Waals surface area (Å²) in [7, 11) is 0. The Bertz CT molecular complexity index is 1570. The molecular weight excluding hydrogens is 606 g/mol. The van der Waals surface area contributed by atoms with Crippen molar-refractivity contribution in [2.75, 3.05) is 13.2 Å². The number of benzene rings is 4. The molecule has 1 aliphatic carbocycles. The smallest absolute Gasteiger partial charge is 0.266 e. The van der Waals surface area contributed by atoms with Crippen LogP contribution in [0.3, 0.4) is 0 Å². The minimum absolute atomic E-state index is 0.0771. The Balaban J connectivity index is 1.39. The number of aliphatic hydroxyl groups is 1. The number of aliphatic hydroxyl groups excluding tert-OH is 1. The van der Waals surface area contributed by atoms with Gasteiger partial charge in [-0.05, 0) is 65.4 Å². The molecule has 1 amide bonds. The Morgan fingerprint density at radius 1 is 0.907 bits per heavy atom. The van der Waals surface area contributed by atoms with Gasteiger partial charge in [-0.15, -0.1) is 0 Å². The van der Waals surface area contributed by atoms with Crippen LogP contribution in [0.15, 0.2) is 113 Å². The highest BCUT2D eigenvalue weighted by Crippen LogP contribution is 2.43. The number of hydrazine groups is 1. The van der Waals surface area contributed by atoms with Gasteiger partial charge in [-0.25, -0.2) is 10.4 Å². The highest BCUT2D eigenvalue weighted by atomic mass is 79.9. The lowest BCUT2D eigenvalue weighted by atomic mass is 9.82. The molecular formula is C35H34BrN3O4. The third-order valence-electron chi connectivity index (χ3n) is 7.74. The molecule has 1 aliphatic heterocycles. The van der Waals surface area contributed by atoms with E-state index < -0.39 is 11.6 Å². The van der Waals surface area contributed by atoms with E-state index in [1.54, 1.807) is 0 Å². The first-order valence-electron chi connectivity index (χ1n) is 14.6. The van der Waals surface area contributed by atoms with E-state index in [9.17, 15) is 4.79 Å². The van der Waals surface area contributed by atoms with Gasteiger partial charge < -0.3 is 14.6 Å². The molecule has 1 saturated carbocycles. The van der Waals surface area contributed by atoms with E-state index in [1.807, 2.05) is 78.9 Å². The van der Waals surface area contributed by atoms with E-state index in [0.29, 0.717) is 31.1 Å². The van der Waals surface area contributed by atoms with E-state index in [1.165, 1.54) is 0 Å². The number of nitrogens with one attached hydrogen (secondary N) is 2. The molecule has 4 aromatic rings. The highest BCUT2D eigenvalue weighted by molar-refractivity contribution is 9.10. The number of ether oxygens (including phenoxy) is 2. The quantitative estimate of drug-likeness (QED) is 0.128. The SMILES string of the molecule is O=C(NNC1CC1)[C@@]1(Cc2ccccc2Br)N=C(c2ccc(OCCCO)cc2)O[C@H]1c1ccc(-c2ccccc2)cc1. The van der Waals surface area contributed by atoms with Gasteiger partial charge in [0.15, 0.2) is 11.6 Å². The molecule has 6 rings (SSSR count). The summed E-state index contributed by atoms with van der Waals surface area (Å²) in [4.78, 5) is 19.4. The Morgan fingerprint density at radius 2 is 1.58 bits per heavy atom. The minimum atomic E-state index is -1.29. The lowest BCUT2D eigenvalue weighted by Gasteiger charge is -2.31. The summed E-state index contributed by atoms with van der Waals surface area (Å²) < 4.78 is 13.3. The van der Waals surface area contributed by atoms with E-state index in [4.69, 9.17) is 19.6 Å². The van der Waals surface area contributed by atoms with Crippen LogP contribution in [0.2, 0.25) is 0 Å². The van der Waals surface area contributed by atoms with Crippen molar-refractivity contribution in [1.82, 2.24) is 10.9 Å². The summed E-state index contributed by atoms with van der Waals surface area (Å²) in [5.41, 5.74) is 9.63. The molecule has 0 aromatic heterocycles. The number of carbonyl (C=O) groups excluding carboxylic acids is 1. The molecule has 0 saturated heterocycles. The summed E-state index contributed by atoms with van der Waals surface area (Å²) in [5, 5.41) is 9.06. The van der Waals surface area contributed by atoms with Crippen LogP contribution in [0.4, 0.5) is 0 Å². The second-order valence-electron chi connectivity index (χ2n) is 10.9. The maximum atomic E-state index is 14.2. The molecule has 2 aliphatic rings. The van der Waals surface area contributed by atoms with Crippen molar-refractivity contribution in [2.45, 2.75) is 43.4 Å². The second kappa shape index (κ2) is 13.1. The van der Waals surface area contributed by atoms with Crippen LogP contribution in [0.1, 0.15) is 42.1 Å². The van der Waals surface area contributed by atoms with Crippen LogP contribution in [-0.4, -0.2) is 41.7 Å². The molecule has 7 nitrogen and oxygen atoms in total. The molecule has 0 bridgehead atoms. The van der Waals surface area contributed by atoms with Gasteiger partial charge in [0, 0.05) is 35.5 Å². The number of nitrogens with zero attached hydrogens (tertiary/aromatic N) is 1. The lowest BCUT2D eigenvalue weighted by Crippen LogP contribution is -2.54. The number of rotatable bonds is 12. The van der Waals surface area contributed by atoms with Gasteiger partial charge in [-0.3, -0.25) is 10.2 Å². The van der Waals surface area contributed by atoms with Crippen LogP contribution in [0.25, 0.3) is 11.1 Å². The number of hydrogen-bond acceptors (Lipinski definition) is 6. The number of hydrogen-bond donors (Lipinski definition) is 3. The van der Waals surface area contributed by atoms with Gasteiger partial charge in [0.2, 0.25) is 5.90 Å². The average molecular weight is 641 g/mol. The molecule has 43 heavy (non-hydrogen) atoms. The normalized spacial score (nSPS) is 19.4. The fourth-order valence-corrected chi connectivity index (χ4v) is 5.62. The van der Waals surface area contributed by atoms with Crippen molar-refractivity contribution in [3.8, 4) is 16.9 Å². The Labute approximate surface area is 260 Å². The fourth-order valence-electron chi connectivity index (χ4n) is 5.20. The molecule has 0 unspecified atom stereocenters. The lowest BCUT2D eigenvalue weighted by molar-refractivity contribution is -0.130. The molecule has 2 atom stereocenters. The topological polar surface area (TPSA) is 92.2 Å². The van der Waals surface area contributed by atoms with Crippen LogP contribution >= 0.6 is 15.9 Å². The number of aliphatic imine (C=N–C) groups is 1. The monoisotopic (exact) mass is 639 g/mol. The van der Waals surface area contributed by atoms with Crippen LogP contribution < -0.4 is 15.6 Å². The van der Waals surface area contributed by atoms with Gasteiger partial charge in [0.1, 0.15) is 5.75 Å². The minimum Gasteiger partial charge on any atom is -0.494 e. The molecule has 0 spiro atoms. The molecule has 0 radical (unpaired) electrons. The first-order chi connectivity index (χ1) is 21.1. The van der Waals surface area contributed by atoms with E-state index in [0.717, 1.165) is 45.1 Å². The van der Waals surface area contributed by atoms with Gasteiger partial charge in [0.25, 0.3) is 5.91 Å². The van der Waals surface area contributed by atoms with Gasteiger partial charge in [0.05, 0.1) is 6.61 Å². The van der Waals surface area contributed by atoms with Gasteiger partial charge in [-0.2, -0.15) is 0 Å². The number of carbonyl (C=O) groups is 1. The Morgan fingerprint density at radius 3 is 2.28 bits per heavy atom. The molecule has 220 valence electrons. The van der Waals surface area contributed by atoms with Crippen LogP contribution in [-0.2, 0) is 16.0 Å². The van der Waals surface area contributed by atoms with Crippen molar-refractivity contribution >= 4 is 27.7 Å². The number of halogens is 1. The second-order valence-corrected chi connectivity index (χ2v) is 11.8. The maximum Gasteiger partial charge on any atom is 0.266 e. The zero-order chi connectivity index (χ0) is 29.6. The van der Waals surface area contributed by atoms with Crippen molar-refractivity contribution in [1.29, 1.82) is 0 Å². The van der Waals surface area contributed by atoms with Crippen LogP contribution in [0, 0.1) is 0 Å². The fraction of sp³-hybridized carbons (Fsp3) is 0.257. The van der Waals surface area contributed by atoms with Crippen molar-refractivity contribution in [3.63, 3.8) is 0 Å². The summed E-state index contributed by atoms with van der Waals surface area (Å²) in [6.45, 7) is 0.505. The summed E-state index contributed by atoms with van der Waals surface area (Å²) in [6, 6.07) is 34.0. The average Bonchev–Trinajstić information content (AvgIpc) is 3.80. The van der Waals surface area contributed by atoms with Crippen molar-refractivity contribution in [3.05, 3.63) is 124 Å². The van der Waals surface area contributed by atoms with E-state index in [2.05, 4.69) is 51.0 Å². The predicted octanol–water partition coefficient (Wildman–Crippen LogP) is 6.16. The molecule has 8 heteroatoms. The van der Waals surface area contributed by atoms with Crippen LogP contribution in [0.5, 0.6) is 5.75 Å². The Kier molecular flexibility index (Phi) is 8.88. The predicted molar refractivity (Wildman–Crippen MR) is 171 cm³/mol. The zero-order valence-electron chi connectivity index (χ0n) is 23.7. The van der Waals surface area contributed by atoms with Crippen molar-refractivity contribution < 1.29 is 19.4 Å². The molecule has 4 aromatic carbocycles. The highest BCUT2D eigenvalue weighted by Gasteiger charge is 2.53. The first-order valence-corrected chi connectivity index (χ1v) is 15.4. The van der Waals surface area contributed by atoms with E-state index >= 15 is 0 Å². The summed E-state index contributed by atoms with van der Waals surface area (Å²) >= 11 is 3.69. The summed E-state index contributed by atoms with van der Waals surface area (Å²) in [6.07, 6.45) is 2.26. The standard InChI is InChI=1S/C35H34BrN3O4/c36-31-10-5-4-9-28(31)23-35(34(41)39-38-29-17-18-29)32(26-13-11-25(12-14-26)24-7-2-1-3-8-24)43-33(37-35)27-15-19-30(20-16-27)42-22-6-21-40/h1-5,7-16,19-20,29,32,38,40H,6,17-18,21-23H2,(H,39,41)/t32-,35-/m0/s1. The first kappa shape index (κ1) is 29.1. The third kappa shape index (κ3) is 6.67. The zero-order valence-corrected chi connectivity index (χ0v) is 25.3. The summed E-state index contributed by atoms with van der Waals surface area (Å²) in [5.74, 6) is 0.841. The molecule has 1 fully saturated rings. The molecule has 3 N–H and O–H groups in total. The largest absolute Gasteiger partial charge is 0.494 e. The van der Waals surface area contributed by atoms with E-state index in [-0.39, 0.29) is 18.6 Å². The van der Waals surface area contributed by atoms with Crippen molar-refractivity contribution in [2.24, 2.45) is 4.99 Å². The number of amides is 1. The van der Waals surface area contributed by atoms with Gasteiger partial charge in [-0.1, -0.05) is 88.7 Å². The Hall–Kier alpha value is -3.98. The third-order valence-corrected chi connectivity index (χ3v) is 8.51. The maximum absolute atomic E-state index is 14.2. The van der Waals surface area contributed by atoms with Gasteiger partial charge >= 0.3 is 0 Å². The molecule has 1 heterocycles.